The fraction of sp³-hybridized carbons (Fsp3) is 0.500. The zero-order valence-corrected chi connectivity index (χ0v) is 10.9. The van der Waals surface area contributed by atoms with Gasteiger partial charge in [-0.3, -0.25) is 0 Å². The van der Waals surface area contributed by atoms with E-state index in [-0.39, 0.29) is 6.04 Å². The SMILES string of the molecule is Cc1cc(CN)ccc1S(=O)(=O)NC1CC1C. The largest absolute Gasteiger partial charge is 0.326 e. The van der Waals surface area contributed by atoms with Gasteiger partial charge in [0, 0.05) is 12.6 Å². The Bertz CT molecular complexity index is 525. The molecule has 1 aromatic carbocycles. The molecule has 0 radical (unpaired) electrons. The maximum absolute atomic E-state index is 12.1. The van der Waals surface area contributed by atoms with Crippen molar-refractivity contribution in [1.82, 2.24) is 4.72 Å². The van der Waals surface area contributed by atoms with Crippen molar-refractivity contribution in [1.29, 1.82) is 0 Å². The number of hydrogen-bond donors (Lipinski definition) is 2. The van der Waals surface area contributed by atoms with Gasteiger partial charge >= 0.3 is 0 Å². The molecular weight excluding hydrogens is 236 g/mol. The lowest BCUT2D eigenvalue weighted by Gasteiger charge is -2.10. The fourth-order valence-corrected chi connectivity index (χ4v) is 3.47. The van der Waals surface area contributed by atoms with E-state index in [1.165, 1.54) is 0 Å². The van der Waals surface area contributed by atoms with Crippen LogP contribution in [0.4, 0.5) is 0 Å². The molecule has 0 saturated heterocycles. The first-order chi connectivity index (χ1) is 7.94. The van der Waals surface area contributed by atoms with Gasteiger partial charge in [-0.05, 0) is 36.5 Å². The van der Waals surface area contributed by atoms with Crippen molar-refractivity contribution in [3.8, 4) is 0 Å². The van der Waals surface area contributed by atoms with Crippen molar-refractivity contribution in [2.75, 3.05) is 0 Å². The Hall–Kier alpha value is -0.910. The molecule has 4 nitrogen and oxygen atoms in total. The summed E-state index contributed by atoms with van der Waals surface area (Å²) in [6.07, 6.45) is 0.930. The molecule has 1 fully saturated rings. The summed E-state index contributed by atoms with van der Waals surface area (Å²) in [5.74, 6) is 0.452. The minimum Gasteiger partial charge on any atom is -0.326 e. The second kappa shape index (κ2) is 4.40. The highest BCUT2D eigenvalue weighted by atomic mass is 32.2. The van der Waals surface area contributed by atoms with Crippen molar-refractivity contribution < 1.29 is 8.42 Å². The molecule has 1 aliphatic carbocycles. The molecule has 0 spiro atoms. The molecule has 0 aromatic heterocycles. The lowest BCUT2D eigenvalue weighted by Crippen LogP contribution is -2.27. The lowest BCUT2D eigenvalue weighted by atomic mass is 10.1. The molecule has 0 aliphatic heterocycles. The molecule has 94 valence electrons. The van der Waals surface area contributed by atoms with Gasteiger partial charge in [0.15, 0.2) is 0 Å². The number of rotatable bonds is 4. The summed E-state index contributed by atoms with van der Waals surface area (Å²) in [6, 6.07) is 5.32. The summed E-state index contributed by atoms with van der Waals surface area (Å²) in [7, 11) is -3.38. The Kier molecular flexibility index (Phi) is 3.25. The second-order valence-corrected chi connectivity index (χ2v) is 6.43. The van der Waals surface area contributed by atoms with Gasteiger partial charge in [-0.25, -0.2) is 13.1 Å². The summed E-state index contributed by atoms with van der Waals surface area (Å²) >= 11 is 0. The second-order valence-electron chi connectivity index (χ2n) is 4.74. The monoisotopic (exact) mass is 254 g/mol. The van der Waals surface area contributed by atoms with Crippen LogP contribution in [0, 0.1) is 12.8 Å². The van der Waals surface area contributed by atoms with E-state index in [0.29, 0.717) is 17.4 Å². The Morgan fingerprint density at radius 1 is 1.47 bits per heavy atom. The smallest absolute Gasteiger partial charge is 0.241 e. The quantitative estimate of drug-likeness (QED) is 0.846. The van der Waals surface area contributed by atoms with Crippen LogP contribution in [0.2, 0.25) is 0 Å². The molecule has 2 unspecified atom stereocenters. The Labute approximate surface area is 102 Å². The molecule has 1 aliphatic rings. The summed E-state index contributed by atoms with van der Waals surface area (Å²) in [4.78, 5) is 0.355. The normalized spacial score (nSPS) is 23.7. The minimum atomic E-state index is -3.38. The van der Waals surface area contributed by atoms with E-state index in [4.69, 9.17) is 5.73 Å². The maximum atomic E-state index is 12.1. The Balaban J connectivity index is 2.26. The molecule has 1 aromatic rings. The van der Waals surface area contributed by atoms with E-state index in [0.717, 1.165) is 17.5 Å². The number of benzene rings is 1. The highest BCUT2D eigenvalue weighted by molar-refractivity contribution is 7.89. The number of sulfonamides is 1. The third-order valence-corrected chi connectivity index (χ3v) is 4.83. The molecular formula is C12H18N2O2S. The topological polar surface area (TPSA) is 72.2 Å². The van der Waals surface area contributed by atoms with E-state index in [1.807, 2.05) is 13.0 Å². The minimum absolute atomic E-state index is 0.105. The Morgan fingerprint density at radius 3 is 2.59 bits per heavy atom. The number of nitrogens with one attached hydrogen (secondary N) is 1. The number of aryl methyl sites for hydroxylation is 1. The third kappa shape index (κ3) is 2.68. The summed E-state index contributed by atoms with van der Waals surface area (Å²) in [5, 5.41) is 0. The molecule has 0 heterocycles. The van der Waals surface area contributed by atoms with Crippen LogP contribution in [0.5, 0.6) is 0 Å². The third-order valence-electron chi connectivity index (χ3n) is 3.18. The van der Waals surface area contributed by atoms with Gasteiger partial charge in [-0.2, -0.15) is 0 Å². The molecule has 2 atom stereocenters. The average molecular weight is 254 g/mol. The van der Waals surface area contributed by atoms with Crippen LogP contribution < -0.4 is 10.5 Å². The number of hydrogen-bond acceptors (Lipinski definition) is 3. The van der Waals surface area contributed by atoms with Crippen LogP contribution in [-0.4, -0.2) is 14.5 Å². The van der Waals surface area contributed by atoms with Crippen LogP contribution in [0.3, 0.4) is 0 Å². The zero-order chi connectivity index (χ0) is 12.6. The standard InChI is InChI=1S/C12H18N2O2S/c1-8-6-11(8)14-17(15,16)12-4-3-10(7-13)5-9(12)2/h3-5,8,11,14H,6-7,13H2,1-2H3. The van der Waals surface area contributed by atoms with Crippen LogP contribution in [0.25, 0.3) is 0 Å². The van der Waals surface area contributed by atoms with Gasteiger partial charge in [-0.15, -0.1) is 0 Å². The van der Waals surface area contributed by atoms with Gasteiger partial charge < -0.3 is 5.73 Å². The lowest BCUT2D eigenvalue weighted by molar-refractivity contribution is 0.577. The molecule has 3 N–H and O–H groups in total. The van der Waals surface area contributed by atoms with E-state index in [2.05, 4.69) is 4.72 Å². The maximum Gasteiger partial charge on any atom is 0.241 e. The van der Waals surface area contributed by atoms with Crippen molar-refractivity contribution in [3.05, 3.63) is 29.3 Å². The highest BCUT2D eigenvalue weighted by Gasteiger charge is 2.36. The molecule has 2 rings (SSSR count). The summed E-state index contributed by atoms with van der Waals surface area (Å²) in [6.45, 7) is 4.26. The van der Waals surface area contributed by atoms with E-state index in [1.54, 1.807) is 19.1 Å². The average Bonchev–Trinajstić information content (AvgIpc) is 2.92. The van der Waals surface area contributed by atoms with Gasteiger partial charge in [-0.1, -0.05) is 19.1 Å². The van der Waals surface area contributed by atoms with Gasteiger partial charge in [0.25, 0.3) is 0 Å². The first-order valence-corrected chi connectivity index (χ1v) is 7.24. The number of nitrogens with two attached hydrogens (primary N) is 1. The first-order valence-electron chi connectivity index (χ1n) is 5.76. The van der Waals surface area contributed by atoms with Crippen LogP contribution >= 0.6 is 0 Å². The van der Waals surface area contributed by atoms with E-state index < -0.39 is 10.0 Å². The summed E-state index contributed by atoms with van der Waals surface area (Å²) in [5.41, 5.74) is 7.21. The van der Waals surface area contributed by atoms with E-state index >= 15 is 0 Å². The van der Waals surface area contributed by atoms with Crippen molar-refractivity contribution in [2.24, 2.45) is 11.7 Å². The van der Waals surface area contributed by atoms with Crippen molar-refractivity contribution >= 4 is 10.0 Å². The highest BCUT2D eigenvalue weighted by Crippen LogP contribution is 2.31. The van der Waals surface area contributed by atoms with Crippen LogP contribution in [0.1, 0.15) is 24.5 Å². The van der Waals surface area contributed by atoms with Gasteiger partial charge in [0.05, 0.1) is 4.90 Å². The van der Waals surface area contributed by atoms with Crippen molar-refractivity contribution in [2.45, 2.75) is 37.8 Å². The van der Waals surface area contributed by atoms with Gasteiger partial charge in [0.2, 0.25) is 10.0 Å². The van der Waals surface area contributed by atoms with Crippen LogP contribution in [-0.2, 0) is 16.6 Å². The zero-order valence-electron chi connectivity index (χ0n) is 10.1. The van der Waals surface area contributed by atoms with Gasteiger partial charge in [0.1, 0.15) is 0 Å². The molecule has 5 heteroatoms. The van der Waals surface area contributed by atoms with E-state index in [9.17, 15) is 8.42 Å². The van der Waals surface area contributed by atoms with Crippen molar-refractivity contribution in [3.63, 3.8) is 0 Å². The first kappa shape index (κ1) is 12.5. The molecule has 0 amide bonds. The Morgan fingerprint density at radius 2 is 2.12 bits per heavy atom. The molecule has 0 bridgehead atoms. The predicted octanol–water partition coefficient (Wildman–Crippen LogP) is 1.14. The predicted molar refractivity (Wildman–Crippen MR) is 67.0 cm³/mol. The molecule has 17 heavy (non-hydrogen) atoms. The fourth-order valence-electron chi connectivity index (χ4n) is 1.89. The summed E-state index contributed by atoms with van der Waals surface area (Å²) < 4.78 is 26.9. The molecule has 1 saturated carbocycles. The van der Waals surface area contributed by atoms with Crippen LogP contribution in [0.15, 0.2) is 23.1 Å².